The number of nitrogens with zero attached hydrogens (tertiary/aromatic N) is 2. The van der Waals surface area contributed by atoms with Crippen LogP contribution in [-0.4, -0.2) is 34.3 Å². The molecule has 3 heterocycles. The number of hydrogen-bond acceptors (Lipinski definition) is 5. The van der Waals surface area contributed by atoms with Crippen LogP contribution in [0.25, 0.3) is 11.3 Å². The smallest absolute Gasteiger partial charge is 0.290 e. The Hall–Kier alpha value is -2.93. The molecule has 2 amide bonds. The molecular formula is C21H21N3O3S. The first kappa shape index (κ1) is 18.4. The minimum atomic E-state index is -0.449. The summed E-state index contributed by atoms with van der Waals surface area (Å²) < 4.78 is 5.19. The van der Waals surface area contributed by atoms with Crippen LogP contribution in [0.2, 0.25) is 0 Å². The number of nitrogens with one attached hydrogen (secondary N) is 1. The van der Waals surface area contributed by atoms with E-state index in [1.165, 1.54) is 6.26 Å². The minimum absolute atomic E-state index is 0.128. The van der Waals surface area contributed by atoms with Gasteiger partial charge in [0.05, 0.1) is 17.0 Å². The molecular weight excluding hydrogens is 374 g/mol. The van der Waals surface area contributed by atoms with E-state index in [9.17, 15) is 9.59 Å². The number of rotatable bonds is 5. The summed E-state index contributed by atoms with van der Waals surface area (Å²) in [5.74, 6) is -0.0882. The number of hydrogen-bond donors (Lipinski definition) is 1. The van der Waals surface area contributed by atoms with Crippen molar-refractivity contribution in [3.8, 4) is 11.3 Å². The van der Waals surface area contributed by atoms with Gasteiger partial charge in [0.1, 0.15) is 6.04 Å². The van der Waals surface area contributed by atoms with Crippen molar-refractivity contribution in [2.24, 2.45) is 0 Å². The molecule has 1 fully saturated rings. The van der Waals surface area contributed by atoms with Crippen LogP contribution in [-0.2, 0) is 11.3 Å². The van der Waals surface area contributed by atoms with Gasteiger partial charge >= 0.3 is 0 Å². The van der Waals surface area contributed by atoms with Crippen molar-refractivity contribution in [2.75, 3.05) is 6.54 Å². The van der Waals surface area contributed by atoms with Gasteiger partial charge < -0.3 is 14.6 Å². The highest BCUT2D eigenvalue weighted by Gasteiger charge is 2.35. The molecule has 0 bridgehead atoms. The first-order chi connectivity index (χ1) is 13.6. The third-order valence-corrected chi connectivity index (χ3v) is 5.66. The molecule has 28 heavy (non-hydrogen) atoms. The van der Waals surface area contributed by atoms with E-state index in [1.807, 2.05) is 36.6 Å². The Kier molecular flexibility index (Phi) is 5.25. The van der Waals surface area contributed by atoms with E-state index in [1.54, 1.807) is 28.4 Å². The number of likely N-dealkylation sites (tertiary alicyclic amines) is 1. The number of amides is 2. The molecule has 1 atom stereocenters. The maximum Gasteiger partial charge on any atom is 0.290 e. The summed E-state index contributed by atoms with van der Waals surface area (Å²) >= 11 is 1.63. The number of aromatic nitrogens is 1. The lowest BCUT2D eigenvalue weighted by Gasteiger charge is -2.23. The van der Waals surface area contributed by atoms with E-state index in [4.69, 9.17) is 4.42 Å². The SMILES string of the molecule is Cc1nc(-c2ccc(CNC(=O)[C@@H]3CCCN3C(=O)c3ccco3)cc2)cs1. The second-order valence-corrected chi connectivity index (χ2v) is 7.86. The number of carbonyl (C=O) groups excluding carboxylic acids is 2. The fourth-order valence-corrected chi connectivity index (χ4v) is 4.04. The number of furan rings is 1. The maximum absolute atomic E-state index is 12.7. The van der Waals surface area contributed by atoms with E-state index in [0.717, 1.165) is 28.2 Å². The first-order valence-corrected chi connectivity index (χ1v) is 10.1. The summed E-state index contributed by atoms with van der Waals surface area (Å²) in [6.07, 6.45) is 2.95. The molecule has 6 nitrogen and oxygen atoms in total. The lowest BCUT2D eigenvalue weighted by molar-refractivity contribution is -0.125. The van der Waals surface area contributed by atoms with Gasteiger partial charge in [-0.3, -0.25) is 9.59 Å². The van der Waals surface area contributed by atoms with Crippen LogP contribution in [0.4, 0.5) is 0 Å². The Balaban J connectivity index is 1.36. The van der Waals surface area contributed by atoms with Crippen LogP contribution in [0, 0.1) is 6.92 Å². The first-order valence-electron chi connectivity index (χ1n) is 9.25. The van der Waals surface area contributed by atoms with Gasteiger partial charge in [-0.15, -0.1) is 11.3 Å². The van der Waals surface area contributed by atoms with Crippen molar-refractivity contribution in [3.63, 3.8) is 0 Å². The summed E-state index contributed by atoms with van der Waals surface area (Å²) in [6, 6.07) is 10.9. The highest BCUT2D eigenvalue weighted by Crippen LogP contribution is 2.23. The second-order valence-electron chi connectivity index (χ2n) is 6.80. The molecule has 1 aromatic carbocycles. The quantitative estimate of drug-likeness (QED) is 0.716. The van der Waals surface area contributed by atoms with Crippen LogP contribution in [0.5, 0.6) is 0 Å². The van der Waals surface area contributed by atoms with Gasteiger partial charge in [0.25, 0.3) is 5.91 Å². The van der Waals surface area contributed by atoms with E-state index in [0.29, 0.717) is 19.5 Å². The zero-order valence-corrected chi connectivity index (χ0v) is 16.4. The van der Waals surface area contributed by atoms with E-state index < -0.39 is 6.04 Å². The van der Waals surface area contributed by atoms with Crippen molar-refractivity contribution in [1.29, 1.82) is 0 Å². The molecule has 4 rings (SSSR count). The monoisotopic (exact) mass is 395 g/mol. The number of thiazole rings is 1. The highest BCUT2D eigenvalue weighted by atomic mass is 32.1. The standard InChI is InChI=1S/C21H21N3O3S/c1-14-23-17(13-28-14)16-8-6-15(7-9-16)12-22-20(25)18-4-2-10-24(18)21(26)19-5-3-11-27-19/h3,5-9,11,13,18H,2,4,10,12H2,1H3,(H,22,25)/t18-/m0/s1. The van der Waals surface area contributed by atoms with Gasteiger partial charge in [0, 0.05) is 24.0 Å². The summed E-state index contributed by atoms with van der Waals surface area (Å²) in [5, 5.41) is 6.03. The van der Waals surface area contributed by atoms with Crippen molar-refractivity contribution in [1.82, 2.24) is 15.2 Å². The largest absolute Gasteiger partial charge is 0.459 e. The Bertz CT molecular complexity index is 963. The van der Waals surface area contributed by atoms with E-state index in [-0.39, 0.29) is 17.6 Å². The Morgan fingerprint density at radius 1 is 1.29 bits per heavy atom. The van der Waals surface area contributed by atoms with Crippen molar-refractivity contribution in [3.05, 3.63) is 64.4 Å². The molecule has 1 aliphatic rings. The molecule has 0 unspecified atom stereocenters. The summed E-state index contributed by atoms with van der Waals surface area (Å²) in [6.45, 7) is 2.98. The van der Waals surface area contributed by atoms with E-state index in [2.05, 4.69) is 10.3 Å². The van der Waals surface area contributed by atoms with Gasteiger partial charge in [0.15, 0.2) is 5.76 Å². The molecule has 1 N–H and O–H groups in total. The molecule has 1 saturated heterocycles. The van der Waals surface area contributed by atoms with Crippen LogP contribution >= 0.6 is 11.3 Å². The number of benzene rings is 1. The molecule has 0 radical (unpaired) electrons. The highest BCUT2D eigenvalue weighted by molar-refractivity contribution is 7.09. The van der Waals surface area contributed by atoms with Crippen LogP contribution in [0.3, 0.4) is 0 Å². The van der Waals surface area contributed by atoms with Crippen molar-refractivity contribution < 1.29 is 14.0 Å². The lowest BCUT2D eigenvalue weighted by Crippen LogP contribution is -2.45. The fourth-order valence-electron chi connectivity index (χ4n) is 3.42. The summed E-state index contributed by atoms with van der Waals surface area (Å²) in [4.78, 5) is 31.3. The minimum Gasteiger partial charge on any atom is -0.459 e. The molecule has 2 aromatic heterocycles. The maximum atomic E-state index is 12.7. The molecule has 7 heteroatoms. The topological polar surface area (TPSA) is 75.4 Å². The van der Waals surface area contributed by atoms with E-state index >= 15 is 0 Å². The van der Waals surface area contributed by atoms with Gasteiger partial charge in [0.2, 0.25) is 5.91 Å². The molecule has 0 spiro atoms. The average Bonchev–Trinajstić information content (AvgIpc) is 3.47. The third-order valence-electron chi connectivity index (χ3n) is 4.88. The molecule has 144 valence electrons. The number of carbonyl (C=O) groups is 2. The van der Waals surface area contributed by atoms with Gasteiger partial charge in [-0.25, -0.2) is 4.98 Å². The molecule has 3 aromatic rings. The fraction of sp³-hybridized carbons (Fsp3) is 0.286. The zero-order valence-electron chi connectivity index (χ0n) is 15.6. The van der Waals surface area contributed by atoms with Gasteiger partial charge in [-0.05, 0) is 37.5 Å². The lowest BCUT2D eigenvalue weighted by atomic mass is 10.1. The molecule has 0 saturated carbocycles. The van der Waals surface area contributed by atoms with Gasteiger partial charge in [-0.1, -0.05) is 24.3 Å². The zero-order chi connectivity index (χ0) is 19.5. The Labute approximate surface area is 167 Å². The number of aryl methyl sites for hydroxylation is 1. The predicted octanol–water partition coefficient (Wildman–Crippen LogP) is 3.63. The van der Waals surface area contributed by atoms with Crippen molar-refractivity contribution >= 4 is 23.2 Å². The molecule has 1 aliphatic heterocycles. The molecule has 0 aliphatic carbocycles. The summed E-state index contributed by atoms with van der Waals surface area (Å²) in [7, 11) is 0. The van der Waals surface area contributed by atoms with Crippen LogP contribution < -0.4 is 5.32 Å². The van der Waals surface area contributed by atoms with Crippen LogP contribution in [0.15, 0.2) is 52.5 Å². The second kappa shape index (κ2) is 7.98. The Morgan fingerprint density at radius 3 is 2.79 bits per heavy atom. The van der Waals surface area contributed by atoms with Gasteiger partial charge in [-0.2, -0.15) is 0 Å². The summed E-state index contributed by atoms with van der Waals surface area (Å²) in [5.41, 5.74) is 3.03. The Morgan fingerprint density at radius 2 is 2.11 bits per heavy atom. The van der Waals surface area contributed by atoms with Crippen LogP contribution in [0.1, 0.15) is 34.0 Å². The van der Waals surface area contributed by atoms with Crippen molar-refractivity contribution in [2.45, 2.75) is 32.4 Å². The average molecular weight is 395 g/mol. The normalized spacial score (nSPS) is 16.3. The third kappa shape index (κ3) is 3.84. The predicted molar refractivity (Wildman–Crippen MR) is 107 cm³/mol.